The van der Waals surface area contributed by atoms with Gasteiger partial charge in [-0.3, -0.25) is 4.79 Å². The molecule has 0 radical (unpaired) electrons. The predicted octanol–water partition coefficient (Wildman–Crippen LogP) is 3.83. The molecule has 27 heavy (non-hydrogen) atoms. The van der Waals surface area contributed by atoms with Crippen molar-refractivity contribution in [2.45, 2.75) is 40.8 Å². The summed E-state index contributed by atoms with van der Waals surface area (Å²) < 4.78 is 16.2. The van der Waals surface area contributed by atoms with E-state index in [9.17, 15) is 4.79 Å². The highest BCUT2D eigenvalue weighted by molar-refractivity contribution is 5.91. The van der Waals surface area contributed by atoms with Crippen molar-refractivity contribution in [3.8, 4) is 5.75 Å². The van der Waals surface area contributed by atoms with Gasteiger partial charge in [0.15, 0.2) is 5.76 Å². The second-order valence-corrected chi connectivity index (χ2v) is 6.44. The minimum Gasteiger partial charge on any atom is -0.485 e. The molecule has 0 atom stereocenters. The van der Waals surface area contributed by atoms with Gasteiger partial charge < -0.3 is 14.1 Å². The Bertz CT molecular complexity index is 929. The zero-order valence-electron chi connectivity index (χ0n) is 16.0. The number of rotatable bonds is 7. The number of hydrogen-bond donors (Lipinski definition) is 0. The number of furan rings is 1. The second-order valence-electron chi connectivity index (χ2n) is 6.44. The lowest BCUT2D eigenvalue weighted by Gasteiger charge is -2.18. The van der Waals surface area contributed by atoms with E-state index in [0.29, 0.717) is 30.2 Å². The zero-order chi connectivity index (χ0) is 19.4. The second kappa shape index (κ2) is 8.07. The maximum atomic E-state index is 12.7. The molecular formula is C20H23N3O4. The molecule has 0 fully saturated rings. The van der Waals surface area contributed by atoms with E-state index in [2.05, 4.69) is 10.3 Å². The van der Waals surface area contributed by atoms with Crippen molar-refractivity contribution in [3.63, 3.8) is 0 Å². The van der Waals surface area contributed by atoms with Crippen LogP contribution >= 0.6 is 0 Å². The van der Waals surface area contributed by atoms with Gasteiger partial charge in [-0.15, -0.1) is 0 Å². The van der Waals surface area contributed by atoms with Crippen LogP contribution in [0, 0.1) is 20.8 Å². The third-order valence-electron chi connectivity index (χ3n) is 4.34. The molecular weight excluding hydrogens is 346 g/mol. The van der Waals surface area contributed by atoms with Crippen LogP contribution in [0.5, 0.6) is 5.75 Å². The number of hydrogen-bond acceptors (Lipinski definition) is 6. The maximum absolute atomic E-state index is 12.7. The van der Waals surface area contributed by atoms with Crippen LogP contribution in [0.25, 0.3) is 0 Å². The van der Waals surface area contributed by atoms with Crippen LogP contribution in [0.15, 0.2) is 39.4 Å². The highest BCUT2D eigenvalue weighted by atomic mass is 16.6. The van der Waals surface area contributed by atoms with E-state index < -0.39 is 0 Å². The average molecular weight is 369 g/mol. The first-order chi connectivity index (χ1) is 13.0. The molecule has 0 aliphatic carbocycles. The van der Waals surface area contributed by atoms with Crippen LogP contribution in [-0.4, -0.2) is 27.7 Å². The predicted molar refractivity (Wildman–Crippen MR) is 98.4 cm³/mol. The molecule has 0 aliphatic heterocycles. The first-order valence-corrected chi connectivity index (χ1v) is 8.84. The summed E-state index contributed by atoms with van der Waals surface area (Å²) in [5.41, 5.74) is 3.48. The first kappa shape index (κ1) is 18.7. The van der Waals surface area contributed by atoms with E-state index in [1.54, 1.807) is 24.0 Å². The van der Waals surface area contributed by atoms with Gasteiger partial charge >= 0.3 is 0 Å². The third-order valence-corrected chi connectivity index (χ3v) is 4.34. The van der Waals surface area contributed by atoms with Gasteiger partial charge in [-0.2, -0.15) is 0 Å². The molecule has 3 aromatic rings. The normalized spacial score (nSPS) is 10.8. The molecule has 0 bridgehead atoms. The summed E-state index contributed by atoms with van der Waals surface area (Å²) >= 11 is 0. The molecule has 142 valence electrons. The molecule has 1 aromatic carbocycles. The lowest BCUT2D eigenvalue weighted by Crippen LogP contribution is -2.30. The molecule has 1 amide bonds. The fraction of sp³-hybridized carbons (Fsp3) is 0.350. The van der Waals surface area contributed by atoms with Gasteiger partial charge in [0.05, 0.1) is 6.54 Å². The number of carbonyl (C=O) groups is 1. The molecule has 0 unspecified atom stereocenters. The molecule has 0 aliphatic rings. The smallest absolute Gasteiger partial charge is 0.289 e. The molecule has 7 heteroatoms. The lowest BCUT2D eigenvalue weighted by molar-refractivity contribution is 0.0712. The van der Waals surface area contributed by atoms with E-state index >= 15 is 0 Å². The zero-order valence-corrected chi connectivity index (χ0v) is 16.0. The molecule has 0 spiro atoms. The Labute approximate surface area is 157 Å². The van der Waals surface area contributed by atoms with Crippen LogP contribution in [0.1, 0.15) is 45.8 Å². The molecule has 0 saturated carbocycles. The minimum absolute atomic E-state index is 0.210. The van der Waals surface area contributed by atoms with Crippen LogP contribution in [-0.2, 0) is 13.2 Å². The molecule has 0 saturated heterocycles. The van der Waals surface area contributed by atoms with Gasteiger partial charge in [-0.25, -0.2) is 4.63 Å². The molecule has 3 rings (SSSR count). The number of amides is 1. The van der Waals surface area contributed by atoms with E-state index in [0.717, 1.165) is 16.9 Å². The summed E-state index contributed by atoms with van der Waals surface area (Å²) in [6, 6.07) is 9.46. The summed E-state index contributed by atoms with van der Waals surface area (Å²) in [5.74, 6) is 1.46. The number of aromatic nitrogens is 2. The minimum atomic E-state index is -0.210. The number of carbonyl (C=O) groups excluding carboxylic acids is 1. The molecule has 2 aromatic heterocycles. The molecule has 0 N–H and O–H groups in total. The summed E-state index contributed by atoms with van der Waals surface area (Å²) in [5, 5.41) is 7.57. The van der Waals surface area contributed by atoms with Gasteiger partial charge in [-0.1, -0.05) is 22.4 Å². The highest BCUT2D eigenvalue weighted by Gasteiger charge is 2.21. The first-order valence-electron chi connectivity index (χ1n) is 8.84. The van der Waals surface area contributed by atoms with Crippen molar-refractivity contribution in [3.05, 3.63) is 64.4 Å². The van der Waals surface area contributed by atoms with E-state index in [1.807, 2.05) is 39.0 Å². The Morgan fingerprint density at radius 1 is 1.15 bits per heavy atom. The van der Waals surface area contributed by atoms with Crippen molar-refractivity contribution < 1.29 is 18.6 Å². The van der Waals surface area contributed by atoms with Gasteiger partial charge in [0.25, 0.3) is 5.91 Å². The number of ether oxygens (including phenoxy) is 1. The Kier molecular flexibility index (Phi) is 5.59. The topological polar surface area (TPSA) is 81.6 Å². The number of aryl methyl sites for hydroxylation is 3. The fourth-order valence-corrected chi connectivity index (χ4v) is 2.64. The van der Waals surface area contributed by atoms with Crippen molar-refractivity contribution >= 4 is 5.91 Å². The molecule has 2 heterocycles. The van der Waals surface area contributed by atoms with Gasteiger partial charge in [0.2, 0.25) is 0 Å². The van der Waals surface area contributed by atoms with Crippen molar-refractivity contribution in [1.29, 1.82) is 0 Å². The molecule has 7 nitrogen and oxygen atoms in total. The Balaban J connectivity index is 1.66. The fourth-order valence-electron chi connectivity index (χ4n) is 2.64. The van der Waals surface area contributed by atoms with Crippen LogP contribution in [0.4, 0.5) is 0 Å². The van der Waals surface area contributed by atoms with Gasteiger partial charge in [0, 0.05) is 6.54 Å². The van der Waals surface area contributed by atoms with Gasteiger partial charge in [0.1, 0.15) is 29.5 Å². The summed E-state index contributed by atoms with van der Waals surface area (Å²) in [6.45, 7) is 8.79. The largest absolute Gasteiger partial charge is 0.485 e. The van der Waals surface area contributed by atoms with Crippen molar-refractivity contribution in [1.82, 2.24) is 15.2 Å². The monoisotopic (exact) mass is 369 g/mol. The Morgan fingerprint density at radius 2 is 1.96 bits per heavy atom. The quantitative estimate of drug-likeness (QED) is 0.629. The third kappa shape index (κ3) is 4.36. The van der Waals surface area contributed by atoms with E-state index in [4.69, 9.17) is 13.8 Å². The average Bonchev–Trinajstić information content (AvgIpc) is 3.29. The van der Waals surface area contributed by atoms with Crippen LogP contribution < -0.4 is 4.74 Å². The highest BCUT2D eigenvalue weighted by Crippen LogP contribution is 2.21. The number of nitrogens with zero attached hydrogens (tertiary/aromatic N) is 3. The maximum Gasteiger partial charge on any atom is 0.289 e. The summed E-state index contributed by atoms with van der Waals surface area (Å²) in [7, 11) is 0. The Hall–Kier alpha value is -3.09. The SMILES string of the molecule is CCN(Cc1nonc1C)C(=O)c1ccc(COc2cc(C)ccc2C)o1. The van der Waals surface area contributed by atoms with Crippen molar-refractivity contribution in [2.24, 2.45) is 0 Å². The van der Waals surface area contributed by atoms with E-state index in [1.165, 1.54) is 0 Å². The summed E-state index contributed by atoms with van der Waals surface area (Å²) in [4.78, 5) is 14.3. The lowest BCUT2D eigenvalue weighted by atomic mass is 10.1. The number of benzene rings is 1. The van der Waals surface area contributed by atoms with Crippen LogP contribution in [0.2, 0.25) is 0 Å². The van der Waals surface area contributed by atoms with Gasteiger partial charge in [-0.05, 0) is 57.0 Å². The van der Waals surface area contributed by atoms with Crippen molar-refractivity contribution in [2.75, 3.05) is 6.54 Å². The van der Waals surface area contributed by atoms with Crippen LogP contribution in [0.3, 0.4) is 0 Å². The summed E-state index contributed by atoms with van der Waals surface area (Å²) in [6.07, 6.45) is 0. The Morgan fingerprint density at radius 3 is 2.67 bits per heavy atom. The van der Waals surface area contributed by atoms with E-state index in [-0.39, 0.29) is 18.3 Å². The standard InChI is InChI=1S/C20H23N3O4/c1-5-23(11-17-15(4)21-27-22-17)20(24)18-9-8-16(26-18)12-25-19-10-13(2)6-7-14(19)3/h6-10H,5,11-12H2,1-4H3.